The third-order valence-corrected chi connectivity index (χ3v) is 22.0. The zero-order chi connectivity index (χ0) is 55.0. The van der Waals surface area contributed by atoms with Crippen molar-refractivity contribution in [3.8, 4) is 0 Å². The molecule has 9 rings (SSSR count). The Kier molecular flexibility index (Phi) is 21.7. The standard InChI is InChI=1S/C48H86N14O13S3/c1-27-20-30(56-60-39-23-37(50-26-71-2)38(24-40(39)72-3)59-58-36-14-12-33-34(45(36)78(68,69)70)7-4-8-42(33)77(65,66)67)10-13-35(27)57-61-43-41(76-75-74-64)22-28-21-29(9-11-32(28)44(43)63)51-46-53-47(52-31-6-5-15-49-25-31)55-48(54-46)62-16-18-73-19-17-62/h26-49,51-55,63-64H,4-25H2,1-3H3,(H,65,66,67)(H,68,69,70). The van der Waals surface area contributed by atoms with E-state index < -0.39 is 78.9 Å². The average molecular weight is 1160 g/mol. The summed E-state index contributed by atoms with van der Waals surface area (Å²) in [6, 6.07) is -2.48. The van der Waals surface area contributed by atoms with E-state index in [1.165, 1.54) is 13.5 Å². The molecule has 3 saturated heterocycles. The number of rotatable bonds is 19. The number of piperidine rings is 1. The molecule has 0 bridgehead atoms. The summed E-state index contributed by atoms with van der Waals surface area (Å²) in [6.45, 7) is 7.17. The van der Waals surface area contributed by atoms with Gasteiger partial charge in [-0.25, -0.2) is 5.26 Å². The highest BCUT2D eigenvalue weighted by Crippen LogP contribution is 2.48. The molecule has 10 N–H and O–H groups in total. The molecule has 0 radical (unpaired) electrons. The molecule has 6 aliphatic carbocycles. The highest BCUT2D eigenvalue weighted by atomic mass is 32.2. The molecule has 22 atom stereocenters. The van der Waals surface area contributed by atoms with E-state index >= 15 is 0 Å². The van der Waals surface area contributed by atoms with Gasteiger partial charge in [0.2, 0.25) is 0 Å². The molecule has 30 heteroatoms. The van der Waals surface area contributed by atoms with Crippen LogP contribution in [-0.2, 0) is 43.8 Å². The maximum Gasteiger partial charge on any atom is 0.270 e. The van der Waals surface area contributed by atoms with E-state index in [9.17, 15) is 36.3 Å². The van der Waals surface area contributed by atoms with Gasteiger partial charge in [-0.15, -0.1) is 4.33 Å². The number of hydrogen-bond acceptors (Lipinski definition) is 26. The fourth-order valence-electron chi connectivity index (χ4n) is 14.5. The van der Waals surface area contributed by atoms with Crippen LogP contribution in [0.3, 0.4) is 0 Å². The Labute approximate surface area is 463 Å². The Morgan fingerprint density at radius 3 is 2.14 bits per heavy atom. The van der Waals surface area contributed by atoms with E-state index in [0.29, 0.717) is 57.8 Å². The van der Waals surface area contributed by atoms with Gasteiger partial charge in [-0.3, -0.25) is 45.6 Å². The number of hydrogen-bond donors (Lipinski definition) is 10. The van der Waals surface area contributed by atoms with Crippen molar-refractivity contribution in [1.29, 1.82) is 0 Å². The normalized spacial score (nSPS) is 43.7. The predicted octanol–water partition coefficient (Wildman–Crippen LogP) is 2.83. The van der Waals surface area contributed by atoms with E-state index in [4.69, 9.17) is 39.0 Å². The van der Waals surface area contributed by atoms with Crippen LogP contribution in [0, 0.1) is 29.6 Å². The smallest absolute Gasteiger partial charge is 0.270 e. The van der Waals surface area contributed by atoms with Gasteiger partial charge in [-0.05, 0) is 126 Å². The van der Waals surface area contributed by atoms with Gasteiger partial charge in [0.05, 0.1) is 79.3 Å². The van der Waals surface area contributed by atoms with Crippen molar-refractivity contribution in [3.05, 3.63) is 0 Å². The Bertz CT molecular complexity index is 2260. The molecule has 0 spiro atoms. The van der Waals surface area contributed by atoms with Crippen LogP contribution < -0.4 is 31.9 Å². The highest BCUT2D eigenvalue weighted by Gasteiger charge is 2.53. The minimum Gasteiger partial charge on any atom is -0.487 e. The zero-order valence-electron chi connectivity index (χ0n) is 45.1. The lowest BCUT2D eigenvalue weighted by Gasteiger charge is -2.49. The summed E-state index contributed by atoms with van der Waals surface area (Å²) in [6.07, 6.45) is 9.76. The lowest BCUT2D eigenvalue weighted by molar-refractivity contribution is -0.432. The van der Waals surface area contributed by atoms with Crippen LogP contribution in [0.25, 0.3) is 0 Å². The maximum absolute atomic E-state index is 12.9. The summed E-state index contributed by atoms with van der Waals surface area (Å²) in [5, 5.41) is 73.6. The Morgan fingerprint density at radius 2 is 1.44 bits per heavy atom. The fraction of sp³-hybridized carbons (Fsp3) is 0.979. The van der Waals surface area contributed by atoms with Gasteiger partial charge in [-0.2, -0.15) is 47.5 Å². The van der Waals surface area contributed by atoms with Crippen molar-refractivity contribution in [3.63, 3.8) is 0 Å². The molecule has 0 amide bonds. The fourth-order valence-corrected chi connectivity index (χ4v) is 18.0. The van der Waals surface area contributed by atoms with Gasteiger partial charge in [0, 0.05) is 57.3 Å². The lowest BCUT2D eigenvalue weighted by atomic mass is 9.66. The quantitative estimate of drug-likeness (QED) is 0.0169. The topological polar surface area (TPSA) is 357 Å². The van der Waals surface area contributed by atoms with Crippen LogP contribution in [0.5, 0.6) is 0 Å². The van der Waals surface area contributed by atoms with Gasteiger partial charge in [-0.1, -0.05) is 18.4 Å². The first-order valence-corrected chi connectivity index (χ1v) is 32.2. The molecular formula is C48H86N14O13S3. The van der Waals surface area contributed by atoms with Gasteiger partial charge in [0.1, 0.15) is 30.2 Å². The first-order chi connectivity index (χ1) is 37.6. The number of fused-ring (bicyclic) bond motifs is 2. The van der Waals surface area contributed by atoms with Crippen LogP contribution in [0.1, 0.15) is 110 Å². The van der Waals surface area contributed by atoms with Crippen molar-refractivity contribution < 1.29 is 59.9 Å². The molecule has 6 saturated carbocycles. The van der Waals surface area contributed by atoms with Crippen LogP contribution in [0.4, 0.5) is 0 Å². The molecular weight excluding hydrogens is 1080 g/mol. The van der Waals surface area contributed by atoms with E-state index in [2.05, 4.69) is 64.0 Å². The summed E-state index contributed by atoms with van der Waals surface area (Å²) in [4.78, 5) is 7.00. The lowest BCUT2D eigenvalue weighted by Crippen LogP contribution is -2.79. The molecule has 9 fully saturated rings. The third-order valence-electron chi connectivity index (χ3n) is 18.5. The third kappa shape index (κ3) is 15.4. The molecule has 0 aromatic rings. The predicted molar refractivity (Wildman–Crippen MR) is 287 cm³/mol. The van der Waals surface area contributed by atoms with Crippen molar-refractivity contribution in [2.75, 3.05) is 53.6 Å². The highest BCUT2D eigenvalue weighted by molar-refractivity contribution is 7.95. The second kappa shape index (κ2) is 28.0. The molecule has 3 heterocycles. The summed E-state index contributed by atoms with van der Waals surface area (Å²) in [5.41, 5.74) is 0. The molecule has 444 valence electrons. The molecule has 9 aliphatic rings. The molecule has 3 aliphatic heterocycles. The second-order valence-corrected chi connectivity index (χ2v) is 27.4. The van der Waals surface area contributed by atoms with Crippen molar-refractivity contribution >= 4 is 38.7 Å². The number of aliphatic imine (C=N–C) groups is 1. The van der Waals surface area contributed by atoms with Crippen LogP contribution in [-0.4, -0.2) is 202 Å². The van der Waals surface area contributed by atoms with Gasteiger partial charge < -0.3 is 24.6 Å². The SMILES string of the molecule is COC=NC1CC(N=NC2CCC(N=NC3C(SOOO)CC4CC(NC5NC(NC6CCCNC6)NC(N6CCOCC6)N5)CCC4C3O)C(C)C2)C(OC)CC1N=NC1CCC2C(CCCC2S(=O)(=O)O)C1S(=O)(=O)O. The zero-order valence-corrected chi connectivity index (χ0v) is 47.6. The molecule has 0 aromatic heterocycles. The van der Waals surface area contributed by atoms with Gasteiger partial charge in [0.25, 0.3) is 20.2 Å². The average Bonchev–Trinajstić information content (AvgIpc) is 3.63. The minimum atomic E-state index is -4.66. The molecule has 27 nitrogen and oxygen atoms in total. The number of aliphatic hydroxyl groups is 1. The molecule has 22 unspecified atom stereocenters. The molecule has 0 aromatic carbocycles. The summed E-state index contributed by atoms with van der Waals surface area (Å²) < 4.78 is 92.5. The Balaban J connectivity index is 0.785. The first kappa shape index (κ1) is 60.5. The maximum atomic E-state index is 12.9. The van der Waals surface area contributed by atoms with Crippen molar-refractivity contribution in [1.82, 2.24) is 36.8 Å². The Hall–Kier alpha value is -2.08. The van der Waals surface area contributed by atoms with E-state index in [0.717, 1.165) is 89.6 Å². The number of morpholine rings is 1. The van der Waals surface area contributed by atoms with Crippen LogP contribution in [0.15, 0.2) is 35.7 Å². The minimum absolute atomic E-state index is 0.0227. The molecule has 78 heavy (non-hydrogen) atoms. The second-order valence-electron chi connectivity index (χ2n) is 23.3. The number of aliphatic hydroxyl groups excluding tert-OH is 1. The van der Waals surface area contributed by atoms with Crippen molar-refractivity contribution in [2.24, 2.45) is 65.3 Å². The van der Waals surface area contributed by atoms with Crippen molar-refractivity contribution in [2.45, 2.75) is 211 Å². The largest absolute Gasteiger partial charge is 0.487 e. The monoisotopic (exact) mass is 1160 g/mol. The van der Waals surface area contributed by atoms with E-state index in [1.807, 2.05) is 0 Å². The van der Waals surface area contributed by atoms with E-state index in [1.54, 1.807) is 7.11 Å². The summed E-state index contributed by atoms with van der Waals surface area (Å²) in [5.74, 6) is -1.01. The summed E-state index contributed by atoms with van der Waals surface area (Å²) in [7, 11) is -5.99. The van der Waals surface area contributed by atoms with E-state index in [-0.39, 0.29) is 78.9 Å². The first-order valence-electron chi connectivity index (χ1n) is 28.4. The number of nitrogens with zero attached hydrogens (tertiary/aromatic N) is 8. The van der Waals surface area contributed by atoms with Gasteiger partial charge in [0.15, 0.2) is 6.40 Å². The number of methoxy groups -OCH3 is 2. The van der Waals surface area contributed by atoms with Crippen LogP contribution >= 0.6 is 12.0 Å². The number of ether oxygens (including phenoxy) is 3. The van der Waals surface area contributed by atoms with Crippen LogP contribution in [0.2, 0.25) is 0 Å². The number of azo groups is 3. The number of nitrogens with one attached hydrogen (secondary N) is 6. The Morgan fingerprint density at radius 1 is 0.705 bits per heavy atom. The van der Waals surface area contributed by atoms with Gasteiger partial charge >= 0.3 is 0 Å². The summed E-state index contributed by atoms with van der Waals surface area (Å²) >= 11 is 0.975.